The van der Waals surface area contributed by atoms with E-state index in [4.69, 9.17) is 0 Å². The minimum atomic E-state index is -0.302. The summed E-state index contributed by atoms with van der Waals surface area (Å²) in [4.78, 5) is 38.1. The first-order valence-electron chi connectivity index (χ1n) is 17.9. The first-order valence-corrected chi connectivity index (χ1v) is 17.9. The van der Waals surface area contributed by atoms with E-state index >= 15 is 0 Å². The van der Waals surface area contributed by atoms with Crippen molar-refractivity contribution in [2.75, 3.05) is 0 Å². The Balaban J connectivity index is 0.000000153. The Labute approximate surface area is 291 Å². The minimum Gasteiger partial charge on any atom is -0.324 e. The van der Waals surface area contributed by atoms with Gasteiger partial charge in [0.15, 0.2) is 0 Å². The van der Waals surface area contributed by atoms with Gasteiger partial charge in [0.1, 0.15) is 17.3 Å². The van der Waals surface area contributed by atoms with Crippen LogP contribution in [-0.2, 0) is 47.1 Å². The third kappa shape index (κ3) is 5.07. The minimum absolute atomic E-state index is 0. The maximum absolute atomic E-state index is 13.0. The van der Waals surface area contributed by atoms with E-state index in [2.05, 4.69) is 58.4 Å². The summed E-state index contributed by atoms with van der Waals surface area (Å²) in [6.45, 7) is 8.82. The van der Waals surface area contributed by atoms with Crippen molar-refractivity contribution in [3.05, 3.63) is 53.0 Å². The molecule has 0 aromatic heterocycles. The Morgan fingerprint density at radius 1 is 0.727 bits per heavy atom. The number of carbonyl (C=O) groups is 3. The molecule has 10 atom stereocenters. The Kier molecular flexibility index (Phi) is 9.44. The monoisotopic (exact) mass is 670 g/mol. The average Bonchev–Trinajstić information content (AvgIpc) is 3.53. The van der Waals surface area contributed by atoms with Crippen molar-refractivity contribution in [2.45, 2.75) is 118 Å². The Hall–Kier alpha value is -0.926. The van der Waals surface area contributed by atoms with Crippen molar-refractivity contribution in [3.63, 3.8) is 0 Å². The van der Waals surface area contributed by atoms with E-state index in [-0.39, 0.29) is 49.5 Å². The van der Waals surface area contributed by atoms with Gasteiger partial charge in [0.25, 0.3) is 0 Å². The molecule has 8 aliphatic rings. The van der Waals surface area contributed by atoms with Crippen LogP contribution >= 0.6 is 0 Å². The molecule has 8 aliphatic carbocycles. The molecule has 0 heterocycles. The summed E-state index contributed by atoms with van der Waals surface area (Å²) < 4.78 is 0. The van der Waals surface area contributed by atoms with Gasteiger partial charge in [0, 0.05) is 68.7 Å². The third-order valence-electron chi connectivity index (χ3n) is 14.3. The second kappa shape index (κ2) is 12.6. The maximum atomic E-state index is 13.0. The summed E-state index contributed by atoms with van der Waals surface area (Å²) in [5.74, 6) is 5.73. The molecule has 4 heteroatoms. The quantitative estimate of drug-likeness (QED) is 0.276. The maximum Gasteiger partial charge on any atom is 0.139 e. The molecule has 4 saturated carbocycles. The summed E-state index contributed by atoms with van der Waals surface area (Å²) in [7, 11) is 0. The molecule has 4 fully saturated rings. The van der Waals surface area contributed by atoms with Gasteiger partial charge in [-0.1, -0.05) is 60.8 Å². The zero-order chi connectivity index (χ0) is 30.1. The van der Waals surface area contributed by atoms with Gasteiger partial charge in [-0.25, -0.2) is 0 Å². The van der Waals surface area contributed by atoms with Crippen molar-refractivity contribution < 1.29 is 47.1 Å². The van der Waals surface area contributed by atoms with Crippen LogP contribution in [0.15, 0.2) is 46.6 Å². The van der Waals surface area contributed by atoms with Crippen molar-refractivity contribution >= 4 is 17.3 Å². The van der Waals surface area contributed by atoms with E-state index in [9.17, 15) is 14.4 Å². The van der Waals surface area contributed by atoms with Crippen LogP contribution in [-0.4, -0.2) is 17.3 Å². The normalized spacial score (nSPS) is 43.6. The van der Waals surface area contributed by atoms with Gasteiger partial charge in [-0.05, 0) is 113 Å². The van der Waals surface area contributed by atoms with Gasteiger partial charge in [0.05, 0.1) is 0 Å². The van der Waals surface area contributed by atoms with Crippen LogP contribution in [0.5, 0.6) is 0 Å². The van der Waals surface area contributed by atoms with E-state index in [0.717, 1.165) is 75.5 Å². The number of fused-ring (bicyclic) bond motifs is 10. The summed E-state index contributed by atoms with van der Waals surface area (Å²) in [5.41, 5.74) is 5.72. The number of rotatable bonds is 2. The van der Waals surface area contributed by atoms with Crippen LogP contribution in [0.25, 0.3) is 0 Å². The standard InChI is InChI=1S/C20H26O2.C20H27O.Y/c1-3-20-11-17(21)19-14-6-4-12(2)10-13(14)5-7-15(19)16(20)8-9-18(20)22;1-3-20-11-10-16-15-6-4-13(2)12-14(15)5-7-17(16)18(20)8-9-19(20)21;/h5,10,14-16,19H,3-4,6-9,11H2,1-2H3;5,10,12,15-18H,3-4,6-9,11H2,1-2H3;/q;-1;/t14?,15?,16?,19?,20-;15?,16?,17?,18?,20-;/m00./s1. The van der Waals surface area contributed by atoms with Crippen LogP contribution in [0, 0.1) is 64.6 Å². The van der Waals surface area contributed by atoms with E-state index in [1.54, 1.807) is 11.1 Å². The third-order valence-corrected chi connectivity index (χ3v) is 14.3. The molecule has 0 spiro atoms. The van der Waals surface area contributed by atoms with E-state index in [1.807, 2.05) is 0 Å². The molecule has 0 N–H and O–H groups in total. The van der Waals surface area contributed by atoms with Crippen LogP contribution in [0.2, 0.25) is 0 Å². The predicted octanol–water partition coefficient (Wildman–Crippen LogP) is 9.14. The van der Waals surface area contributed by atoms with Crippen molar-refractivity contribution in [1.82, 2.24) is 0 Å². The van der Waals surface area contributed by atoms with Crippen LogP contribution in [0.1, 0.15) is 118 Å². The molecule has 0 saturated heterocycles. The molecular formula is C40H53O3Y-. The zero-order valence-corrected chi connectivity index (χ0v) is 30.5. The van der Waals surface area contributed by atoms with Gasteiger partial charge in [-0.15, -0.1) is 0 Å². The first-order chi connectivity index (χ1) is 20.7. The second-order valence-electron chi connectivity index (χ2n) is 15.8. The number of Topliss-reactive ketones (excluding diaryl/α,β-unsaturated/α-hetero) is 3. The Bertz CT molecular complexity index is 1330. The Morgan fingerprint density at radius 3 is 1.91 bits per heavy atom. The average molecular weight is 671 g/mol. The molecule has 0 amide bonds. The van der Waals surface area contributed by atoms with E-state index in [1.165, 1.54) is 30.4 Å². The molecule has 3 nitrogen and oxygen atoms in total. The fraction of sp³-hybridized carbons (Fsp3) is 0.700. The molecule has 44 heavy (non-hydrogen) atoms. The number of carbonyl (C=O) groups excluding carboxylic acids is 3. The van der Waals surface area contributed by atoms with Gasteiger partial charge in [-0.3, -0.25) is 14.4 Å². The summed E-state index contributed by atoms with van der Waals surface area (Å²) >= 11 is 0. The summed E-state index contributed by atoms with van der Waals surface area (Å²) in [6, 6.07) is 0. The van der Waals surface area contributed by atoms with Crippen LogP contribution < -0.4 is 0 Å². The number of allylic oxidation sites excluding steroid dienone is 8. The van der Waals surface area contributed by atoms with Crippen molar-refractivity contribution in [3.8, 4) is 0 Å². The van der Waals surface area contributed by atoms with Crippen LogP contribution in [0.3, 0.4) is 0 Å². The second-order valence-corrected chi connectivity index (χ2v) is 15.8. The van der Waals surface area contributed by atoms with Gasteiger partial charge in [-0.2, -0.15) is 12.3 Å². The molecule has 0 aliphatic heterocycles. The molecule has 235 valence electrons. The summed E-state index contributed by atoms with van der Waals surface area (Å²) in [6.07, 6.45) is 26.5. The molecule has 0 aromatic rings. The first kappa shape index (κ1) is 33.0. The predicted molar refractivity (Wildman–Crippen MR) is 172 cm³/mol. The zero-order valence-electron chi connectivity index (χ0n) is 27.7. The van der Waals surface area contributed by atoms with Gasteiger partial charge < -0.3 is 6.42 Å². The molecule has 8 unspecified atom stereocenters. The summed E-state index contributed by atoms with van der Waals surface area (Å²) in [5, 5.41) is 0. The SMILES string of the molecule is CC[C@]12CC(=O)C3C4CCC(C)=CC4=CCC3C1CCC2=O.CC[C@]12C[CH-]C3C4CCC(C)=CC4=CCC3C1CCC2=O.[Y]. The van der Waals surface area contributed by atoms with Gasteiger partial charge in [0.2, 0.25) is 0 Å². The molecule has 0 bridgehead atoms. The number of hydrogen-bond donors (Lipinski definition) is 0. The Morgan fingerprint density at radius 2 is 1.27 bits per heavy atom. The molecule has 8 rings (SSSR count). The largest absolute Gasteiger partial charge is 0.324 e. The van der Waals surface area contributed by atoms with Gasteiger partial charge >= 0.3 is 0 Å². The van der Waals surface area contributed by atoms with E-state index < -0.39 is 0 Å². The fourth-order valence-corrected chi connectivity index (χ4v) is 12.1. The molecular weight excluding hydrogens is 617 g/mol. The van der Waals surface area contributed by atoms with Crippen molar-refractivity contribution in [1.29, 1.82) is 0 Å². The number of hydrogen-bond acceptors (Lipinski definition) is 3. The topological polar surface area (TPSA) is 51.2 Å². The smallest absolute Gasteiger partial charge is 0.139 e. The molecule has 1 radical (unpaired) electrons. The van der Waals surface area contributed by atoms with E-state index in [0.29, 0.717) is 53.9 Å². The van der Waals surface area contributed by atoms with Crippen molar-refractivity contribution in [2.24, 2.45) is 58.2 Å². The van der Waals surface area contributed by atoms with Crippen LogP contribution in [0.4, 0.5) is 0 Å². The fourth-order valence-electron chi connectivity index (χ4n) is 12.1. The number of ketones is 3. The molecule has 0 aromatic carbocycles.